The third-order valence-electron chi connectivity index (χ3n) is 3.03. The van der Waals surface area contributed by atoms with E-state index in [1.807, 2.05) is 14.0 Å². The molecule has 0 spiro atoms. The minimum Gasteiger partial charge on any atom is -0.299 e. The normalized spacial score (nSPS) is 22.1. The Bertz CT molecular complexity index is 363. The molecule has 0 fully saturated rings. The van der Waals surface area contributed by atoms with Crippen molar-refractivity contribution in [3.63, 3.8) is 0 Å². The summed E-state index contributed by atoms with van der Waals surface area (Å²) in [4.78, 5) is 2.14. The number of halogens is 2. The average molecular weight is 197 g/mol. The highest BCUT2D eigenvalue weighted by Crippen LogP contribution is 2.29. The summed E-state index contributed by atoms with van der Waals surface area (Å²) in [6.45, 7) is 2.91. The van der Waals surface area contributed by atoms with Gasteiger partial charge >= 0.3 is 0 Å². The molecule has 0 saturated heterocycles. The Balaban J connectivity index is 2.50. The molecule has 1 atom stereocenters. The van der Waals surface area contributed by atoms with Crippen LogP contribution in [0.5, 0.6) is 0 Å². The van der Waals surface area contributed by atoms with Gasteiger partial charge < -0.3 is 0 Å². The molecule has 0 amide bonds. The van der Waals surface area contributed by atoms with Crippen LogP contribution < -0.4 is 0 Å². The maximum absolute atomic E-state index is 13.0. The van der Waals surface area contributed by atoms with Gasteiger partial charge in [-0.15, -0.1) is 0 Å². The molecule has 1 aliphatic heterocycles. The van der Waals surface area contributed by atoms with Gasteiger partial charge in [0.15, 0.2) is 11.6 Å². The second kappa shape index (κ2) is 3.31. The molecule has 1 aliphatic rings. The molecule has 1 nitrogen and oxygen atoms in total. The first-order valence-electron chi connectivity index (χ1n) is 4.77. The van der Waals surface area contributed by atoms with E-state index in [1.165, 1.54) is 12.1 Å². The van der Waals surface area contributed by atoms with Crippen molar-refractivity contribution in [3.8, 4) is 0 Å². The van der Waals surface area contributed by atoms with Gasteiger partial charge in [0, 0.05) is 12.6 Å². The summed E-state index contributed by atoms with van der Waals surface area (Å²) in [7, 11) is 1.99. The van der Waals surface area contributed by atoms with E-state index >= 15 is 0 Å². The van der Waals surface area contributed by atoms with E-state index in [0.29, 0.717) is 0 Å². The molecule has 1 unspecified atom stereocenters. The number of hydrogen-bond acceptors (Lipinski definition) is 1. The first kappa shape index (κ1) is 9.59. The largest absolute Gasteiger partial charge is 0.299 e. The quantitative estimate of drug-likeness (QED) is 0.617. The zero-order valence-electron chi connectivity index (χ0n) is 8.35. The summed E-state index contributed by atoms with van der Waals surface area (Å²) in [5.74, 6) is -1.48. The Labute approximate surface area is 82.3 Å². The van der Waals surface area contributed by atoms with Gasteiger partial charge in [0.25, 0.3) is 0 Å². The molecule has 1 aromatic rings. The van der Waals surface area contributed by atoms with Gasteiger partial charge in [0.2, 0.25) is 0 Å². The molecule has 0 saturated carbocycles. The van der Waals surface area contributed by atoms with Gasteiger partial charge in [-0.05, 0) is 43.7 Å². The molecule has 76 valence electrons. The standard InChI is InChI=1S/C11H13F2N/c1-7-9-6-11(13)10(12)5-8(9)3-4-14(7)2/h5-7H,3-4H2,1-2H3. The Morgan fingerprint density at radius 3 is 2.64 bits per heavy atom. The molecule has 1 aromatic carbocycles. The van der Waals surface area contributed by atoms with Crippen molar-refractivity contribution < 1.29 is 8.78 Å². The molecule has 0 aliphatic carbocycles. The van der Waals surface area contributed by atoms with Gasteiger partial charge in [-0.25, -0.2) is 8.78 Å². The Morgan fingerprint density at radius 1 is 1.29 bits per heavy atom. The lowest BCUT2D eigenvalue weighted by molar-refractivity contribution is 0.246. The second-order valence-corrected chi connectivity index (χ2v) is 3.87. The molecular weight excluding hydrogens is 184 g/mol. The van der Waals surface area contributed by atoms with E-state index in [2.05, 4.69) is 4.90 Å². The number of nitrogens with zero attached hydrogens (tertiary/aromatic N) is 1. The highest BCUT2D eigenvalue weighted by molar-refractivity contribution is 5.33. The minimum atomic E-state index is -0.745. The number of rotatable bonds is 0. The van der Waals surface area contributed by atoms with Crippen LogP contribution in [-0.2, 0) is 6.42 Å². The van der Waals surface area contributed by atoms with Crippen LogP contribution in [0.2, 0.25) is 0 Å². The van der Waals surface area contributed by atoms with Crippen molar-refractivity contribution in [2.45, 2.75) is 19.4 Å². The molecule has 0 N–H and O–H groups in total. The molecular formula is C11H13F2N. The first-order chi connectivity index (χ1) is 6.59. The number of fused-ring (bicyclic) bond motifs is 1. The summed E-state index contributed by atoms with van der Waals surface area (Å²) >= 11 is 0. The Morgan fingerprint density at radius 2 is 1.93 bits per heavy atom. The molecule has 2 rings (SSSR count). The van der Waals surface area contributed by atoms with E-state index in [0.717, 1.165) is 24.1 Å². The van der Waals surface area contributed by atoms with Crippen molar-refractivity contribution >= 4 is 0 Å². The van der Waals surface area contributed by atoms with Crippen LogP contribution in [0.25, 0.3) is 0 Å². The van der Waals surface area contributed by atoms with Crippen molar-refractivity contribution in [3.05, 3.63) is 34.9 Å². The second-order valence-electron chi connectivity index (χ2n) is 3.87. The smallest absolute Gasteiger partial charge is 0.159 e. The Hall–Kier alpha value is -0.960. The highest BCUT2D eigenvalue weighted by Gasteiger charge is 2.22. The van der Waals surface area contributed by atoms with Crippen LogP contribution in [0.15, 0.2) is 12.1 Å². The fourth-order valence-electron chi connectivity index (χ4n) is 1.94. The van der Waals surface area contributed by atoms with Crippen LogP contribution in [0.4, 0.5) is 8.78 Å². The van der Waals surface area contributed by atoms with E-state index in [1.54, 1.807) is 0 Å². The van der Waals surface area contributed by atoms with Gasteiger partial charge in [-0.2, -0.15) is 0 Å². The van der Waals surface area contributed by atoms with Gasteiger partial charge in [0.1, 0.15) is 0 Å². The summed E-state index contributed by atoms with van der Waals surface area (Å²) in [6.07, 6.45) is 0.799. The van der Waals surface area contributed by atoms with Gasteiger partial charge in [-0.1, -0.05) is 0 Å². The van der Waals surface area contributed by atoms with Gasteiger partial charge in [-0.3, -0.25) is 4.90 Å². The van der Waals surface area contributed by atoms with Crippen molar-refractivity contribution in [2.75, 3.05) is 13.6 Å². The molecule has 14 heavy (non-hydrogen) atoms. The van der Waals surface area contributed by atoms with E-state index in [-0.39, 0.29) is 6.04 Å². The number of likely N-dealkylation sites (N-methyl/N-ethyl adjacent to an activating group) is 1. The van der Waals surface area contributed by atoms with Crippen molar-refractivity contribution in [2.24, 2.45) is 0 Å². The highest BCUT2D eigenvalue weighted by atomic mass is 19.2. The van der Waals surface area contributed by atoms with Gasteiger partial charge in [0.05, 0.1) is 0 Å². The summed E-state index contributed by atoms with van der Waals surface area (Å²) in [6, 6.07) is 2.83. The lowest BCUT2D eigenvalue weighted by Gasteiger charge is -2.32. The predicted molar refractivity (Wildman–Crippen MR) is 51.1 cm³/mol. The number of benzene rings is 1. The molecule has 3 heteroatoms. The zero-order chi connectivity index (χ0) is 10.3. The third kappa shape index (κ3) is 1.42. The SMILES string of the molecule is CC1c2cc(F)c(F)cc2CCN1C. The monoisotopic (exact) mass is 197 g/mol. The molecule has 1 heterocycles. The lowest BCUT2D eigenvalue weighted by atomic mass is 9.94. The predicted octanol–water partition coefficient (Wildman–Crippen LogP) is 2.51. The van der Waals surface area contributed by atoms with Crippen LogP contribution in [0.3, 0.4) is 0 Å². The summed E-state index contributed by atoms with van der Waals surface area (Å²) in [5.41, 5.74) is 1.85. The Kier molecular flexibility index (Phi) is 2.27. The summed E-state index contributed by atoms with van der Waals surface area (Å²) < 4.78 is 26.0. The van der Waals surface area contributed by atoms with Crippen LogP contribution >= 0.6 is 0 Å². The maximum atomic E-state index is 13.0. The number of hydrogen-bond donors (Lipinski definition) is 0. The fraction of sp³-hybridized carbons (Fsp3) is 0.455. The van der Waals surface area contributed by atoms with Crippen LogP contribution in [0.1, 0.15) is 24.1 Å². The minimum absolute atomic E-state index is 0.175. The third-order valence-corrected chi connectivity index (χ3v) is 3.03. The first-order valence-corrected chi connectivity index (χ1v) is 4.77. The molecule has 0 bridgehead atoms. The maximum Gasteiger partial charge on any atom is 0.159 e. The summed E-state index contributed by atoms with van der Waals surface area (Å²) in [5, 5.41) is 0. The van der Waals surface area contributed by atoms with E-state index < -0.39 is 11.6 Å². The van der Waals surface area contributed by atoms with Crippen molar-refractivity contribution in [1.29, 1.82) is 0 Å². The van der Waals surface area contributed by atoms with E-state index in [4.69, 9.17) is 0 Å². The zero-order valence-corrected chi connectivity index (χ0v) is 8.35. The average Bonchev–Trinajstić information content (AvgIpc) is 2.15. The lowest BCUT2D eigenvalue weighted by Crippen LogP contribution is -2.30. The van der Waals surface area contributed by atoms with Crippen LogP contribution in [0, 0.1) is 11.6 Å². The topological polar surface area (TPSA) is 3.24 Å². The van der Waals surface area contributed by atoms with E-state index in [9.17, 15) is 8.78 Å². The van der Waals surface area contributed by atoms with Crippen molar-refractivity contribution in [1.82, 2.24) is 4.90 Å². The fourth-order valence-corrected chi connectivity index (χ4v) is 1.94. The van der Waals surface area contributed by atoms with Crippen LogP contribution in [-0.4, -0.2) is 18.5 Å². The molecule has 0 radical (unpaired) electrons. The molecule has 0 aromatic heterocycles.